The molecule has 15 heavy (non-hydrogen) atoms. The van der Waals surface area contributed by atoms with Gasteiger partial charge in [-0.15, -0.1) is 0 Å². The van der Waals surface area contributed by atoms with Crippen LogP contribution >= 0.6 is 0 Å². The van der Waals surface area contributed by atoms with Gasteiger partial charge in [-0.3, -0.25) is 0 Å². The van der Waals surface area contributed by atoms with Gasteiger partial charge in [0.1, 0.15) is 0 Å². The van der Waals surface area contributed by atoms with Crippen LogP contribution in [-0.4, -0.2) is 115 Å². The Morgan fingerprint density at radius 1 is 1.20 bits per heavy atom. The summed E-state index contributed by atoms with van der Waals surface area (Å²) in [7, 11) is 0. The monoisotopic (exact) mass is 442 g/mol. The molecule has 0 rings (SSSR count). The van der Waals surface area contributed by atoms with Crippen LogP contribution < -0.4 is 0 Å². The van der Waals surface area contributed by atoms with E-state index in [9.17, 15) is 19.5 Å². The molecule has 0 bridgehead atoms. The van der Waals surface area contributed by atoms with Gasteiger partial charge >= 0.3 is 145 Å². The fourth-order valence-electron chi connectivity index (χ4n) is 0.744. The van der Waals surface area contributed by atoms with Crippen molar-refractivity contribution < 1.29 is 32.5 Å². The van der Waals surface area contributed by atoms with Gasteiger partial charge in [-0.05, 0) is 0 Å². The zero-order valence-corrected chi connectivity index (χ0v) is 11.5. The molecule has 0 heterocycles. The summed E-state index contributed by atoms with van der Waals surface area (Å²) in [6.07, 6.45) is -1.90. The first-order valence-electron chi connectivity index (χ1n) is 3.39. The molecule has 0 amide bonds. The molecule has 0 aliphatic rings. The Balaban J connectivity index is 0. The Morgan fingerprint density at radius 3 is 1.93 bits per heavy atom. The summed E-state index contributed by atoms with van der Waals surface area (Å²) >= 11 is -0.129. The first-order valence-corrected chi connectivity index (χ1v) is 5.22. The normalized spacial score (nSPS) is 13.2. The number of carboxylic acid groups (broad SMARTS) is 2. The molecule has 0 aliphatic carbocycles. The van der Waals surface area contributed by atoms with Crippen LogP contribution in [0.25, 0.3) is 0 Å². The molecule has 0 aliphatic heterocycles. The van der Waals surface area contributed by atoms with Crippen LogP contribution in [0.2, 0.25) is 0 Å². The summed E-state index contributed by atoms with van der Waals surface area (Å²) in [6.45, 7) is 0. The summed E-state index contributed by atoms with van der Waals surface area (Å²) in [5.41, 5.74) is -2.59. The fraction of sp³-hybridized carbons (Fsp3) is 0.500. The van der Waals surface area contributed by atoms with E-state index in [4.69, 9.17) is 10.2 Å². The van der Waals surface area contributed by atoms with Crippen molar-refractivity contribution in [3.05, 3.63) is 0 Å². The maximum atomic E-state index is 10.7. The van der Waals surface area contributed by atoms with Gasteiger partial charge in [-0.1, -0.05) is 0 Å². The molecule has 0 aromatic carbocycles. The number of aliphatic carboxylic acids is 2. The van der Waals surface area contributed by atoms with Crippen LogP contribution in [-0.2, 0) is 17.2 Å². The molecule has 0 aromatic rings. The van der Waals surface area contributed by atoms with Crippen molar-refractivity contribution in [1.29, 1.82) is 0 Å². The van der Waals surface area contributed by atoms with E-state index in [1.165, 1.54) is 0 Å². The summed E-state index contributed by atoms with van der Waals surface area (Å²) in [5.74, 6) is -4.17. The zero-order valence-electron chi connectivity index (χ0n) is 6.97. The number of carbonyl (C=O) groups is 3. The third-order valence-electron chi connectivity index (χ3n) is 1.41. The van der Waals surface area contributed by atoms with Gasteiger partial charge < -0.3 is 0 Å². The summed E-state index contributed by atoms with van der Waals surface area (Å²) in [5, 5.41) is 26.1. The molecule has 3 N–H and O–H groups in total. The van der Waals surface area contributed by atoms with Crippen molar-refractivity contribution in [1.82, 2.24) is 0 Å². The van der Waals surface area contributed by atoms with Crippen LogP contribution in [0, 0.1) is 0 Å². The van der Waals surface area contributed by atoms with Gasteiger partial charge in [0.2, 0.25) is 0 Å². The van der Waals surface area contributed by atoms with Crippen LogP contribution in [0.1, 0.15) is 12.8 Å². The van der Waals surface area contributed by atoms with Crippen molar-refractivity contribution in [2.24, 2.45) is 0 Å². The average molecular weight is 442 g/mol. The van der Waals surface area contributed by atoms with E-state index < -0.39 is 36.4 Å². The summed E-state index contributed by atoms with van der Waals surface area (Å²) in [6, 6.07) is 0. The molecule has 0 aromatic heterocycles. The van der Waals surface area contributed by atoms with Gasteiger partial charge in [-0.2, -0.15) is 0 Å². The minimum absolute atomic E-state index is 0. The molecule has 82 valence electrons. The molecule has 0 spiro atoms. The maximum absolute atomic E-state index is 10.7. The first-order chi connectivity index (χ1) is 6.31. The standard InChI is InChI=1S/C6H8O7.Bi.K.3H/c7-3(8)1-6(13,5(11)12)2-4(9)10;;;;;/h13H,1-2H2,(H,7,8)(H,9,10)(H,11,12);;;;;/q;+1;;;;/p-1. The Kier molecular flexibility index (Phi) is 9.80. The van der Waals surface area contributed by atoms with Gasteiger partial charge in [-0.25, -0.2) is 0 Å². The van der Waals surface area contributed by atoms with Crippen molar-refractivity contribution >= 4 is 94.5 Å². The first kappa shape index (κ1) is 18.3. The molecule has 9 heteroatoms. The summed E-state index contributed by atoms with van der Waals surface area (Å²) < 4.78 is 4.29. The topological polar surface area (TPSA) is 121 Å². The molecule has 0 saturated carbocycles. The number of rotatable bonds is 5. The van der Waals surface area contributed by atoms with Gasteiger partial charge in [0.05, 0.1) is 0 Å². The van der Waals surface area contributed by atoms with E-state index in [1.54, 1.807) is 0 Å². The Hall–Kier alpha value is 0.889. The molecule has 0 saturated heterocycles. The van der Waals surface area contributed by atoms with Crippen LogP contribution in [0.4, 0.5) is 0 Å². The third-order valence-corrected chi connectivity index (χ3v) is 2.43. The van der Waals surface area contributed by atoms with E-state index >= 15 is 0 Å². The van der Waals surface area contributed by atoms with E-state index in [-0.39, 0.29) is 76.5 Å². The Morgan fingerprint density at radius 2 is 1.67 bits per heavy atom. The van der Waals surface area contributed by atoms with Crippen molar-refractivity contribution in [3.8, 4) is 0 Å². The van der Waals surface area contributed by atoms with Crippen LogP contribution in [0.15, 0.2) is 0 Å². The van der Waals surface area contributed by atoms with E-state index in [2.05, 4.69) is 2.81 Å². The van der Waals surface area contributed by atoms with Crippen molar-refractivity contribution in [3.63, 3.8) is 0 Å². The predicted octanol–water partition coefficient (Wildman–Crippen LogP) is -2.89. The second-order valence-corrected chi connectivity index (χ2v) is 3.49. The molecule has 1 atom stereocenters. The molecule has 0 radical (unpaired) electrons. The van der Waals surface area contributed by atoms with E-state index in [1.807, 2.05) is 0 Å². The predicted molar refractivity (Wildman–Crippen MR) is 51.2 cm³/mol. The van der Waals surface area contributed by atoms with Gasteiger partial charge in [0, 0.05) is 0 Å². The molecule has 7 nitrogen and oxygen atoms in total. The molecule has 1 unspecified atom stereocenters. The second-order valence-electron chi connectivity index (χ2n) is 2.57. The number of aliphatic hydroxyl groups is 1. The number of carboxylic acids is 2. The number of carbonyl (C=O) groups excluding carboxylic acids is 1. The summed E-state index contributed by atoms with van der Waals surface area (Å²) in [4.78, 5) is 31.4. The van der Waals surface area contributed by atoms with Crippen LogP contribution in [0.3, 0.4) is 0 Å². The van der Waals surface area contributed by atoms with Crippen molar-refractivity contribution in [2.75, 3.05) is 0 Å². The molecule has 0 fully saturated rings. The fourth-order valence-corrected chi connectivity index (χ4v) is 1.07. The molecular weight excluding hydrogens is 432 g/mol. The quantitative estimate of drug-likeness (QED) is 0.391. The van der Waals surface area contributed by atoms with Gasteiger partial charge in [0.25, 0.3) is 0 Å². The third kappa shape index (κ3) is 6.93. The van der Waals surface area contributed by atoms with E-state index in [0.29, 0.717) is 0 Å². The Bertz CT molecular complexity index is 268. The number of hydrogen-bond donors (Lipinski definition) is 3. The van der Waals surface area contributed by atoms with E-state index in [0.717, 1.165) is 0 Å². The number of hydrogen-bond acceptors (Lipinski definition) is 5. The zero-order chi connectivity index (χ0) is 11.4. The minimum atomic E-state index is -2.59. The Labute approximate surface area is 143 Å². The average Bonchev–Trinajstić information content (AvgIpc) is 2.02. The molecular formula is C6H10BiKO7. The SMILES string of the molecule is O=C(O)CC(O)(CC(=O)[O][BiH2])C(=O)O.[KH]. The van der Waals surface area contributed by atoms with Gasteiger partial charge in [0.15, 0.2) is 0 Å². The second kappa shape index (κ2) is 8.05. The van der Waals surface area contributed by atoms with Crippen molar-refractivity contribution in [2.45, 2.75) is 18.4 Å². The van der Waals surface area contributed by atoms with Crippen LogP contribution in [0.5, 0.6) is 0 Å².